The summed E-state index contributed by atoms with van der Waals surface area (Å²) in [6.45, 7) is 0.410. The molecule has 0 saturated heterocycles. The van der Waals surface area contributed by atoms with Gasteiger partial charge in [-0.15, -0.1) is 10.2 Å². The second kappa shape index (κ2) is 8.95. The van der Waals surface area contributed by atoms with Crippen LogP contribution in [0.2, 0.25) is 0 Å². The summed E-state index contributed by atoms with van der Waals surface area (Å²) in [5.74, 6) is -1.13. The molecule has 28 heavy (non-hydrogen) atoms. The first-order valence-corrected chi connectivity index (χ1v) is 8.43. The first-order valence-electron chi connectivity index (χ1n) is 8.43. The van der Waals surface area contributed by atoms with Crippen LogP contribution in [0.4, 0.5) is 4.39 Å². The van der Waals surface area contributed by atoms with Gasteiger partial charge in [-0.05, 0) is 22.9 Å². The van der Waals surface area contributed by atoms with Gasteiger partial charge in [-0.3, -0.25) is 4.79 Å². The molecule has 0 bridgehead atoms. The fraction of sp³-hybridized carbons (Fsp3) is 0.294. The number of rotatable bonds is 9. The number of carboxylic acids is 1. The third-order valence-electron chi connectivity index (χ3n) is 3.74. The van der Waals surface area contributed by atoms with E-state index in [0.29, 0.717) is 18.8 Å². The normalized spacial score (nSPS) is 11.9. The molecular formula is C17H18FN7O3. The number of aromatic nitrogens is 6. The molecule has 3 rings (SSSR count). The van der Waals surface area contributed by atoms with Crippen LogP contribution in [-0.2, 0) is 17.8 Å². The molecule has 0 aliphatic carbocycles. The second-order valence-electron chi connectivity index (χ2n) is 6.01. The number of carbonyl (C=O) groups is 1. The van der Waals surface area contributed by atoms with Crippen molar-refractivity contribution in [3.05, 3.63) is 48.3 Å². The SMILES string of the molecule is NC(CC(=O)O)Cn1nnc(-c2ccc(OCCc3cncnc3)cc2F)n1. The van der Waals surface area contributed by atoms with Crippen molar-refractivity contribution in [3.63, 3.8) is 0 Å². The van der Waals surface area contributed by atoms with Crippen molar-refractivity contribution >= 4 is 5.97 Å². The van der Waals surface area contributed by atoms with Gasteiger partial charge in [0.15, 0.2) is 0 Å². The van der Waals surface area contributed by atoms with Gasteiger partial charge in [-0.1, -0.05) is 0 Å². The summed E-state index contributed by atoms with van der Waals surface area (Å²) in [7, 11) is 0. The summed E-state index contributed by atoms with van der Waals surface area (Å²) in [6, 6.07) is 3.68. The van der Waals surface area contributed by atoms with Crippen LogP contribution in [0.15, 0.2) is 36.9 Å². The van der Waals surface area contributed by atoms with E-state index in [2.05, 4.69) is 25.4 Å². The number of hydrogen-bond donors (Lipinski definition) is 2. The summed E-state index contributed by atoms with van der Waals surface area (Å²) in [5.41, 5.74) is 6.76. The predicted molar refractivity (Wildman–Crippen MR) is 94.7 cm³/mol. The van der Waals surface area contributed by atoms with E-state index in [1.807, 2.05) is 0 Å². The quantitative estimate of drug-likeness (QED) is 0.542. The maximum atomic E-state index is 14.4. The van der Waals surface area contributed by atoms with Gasteiger partial charge in [0.2, 0.25) is 5.82 Å². The Labute approximate surface area is 159 Å². The number of aliphatic carboxylic acids is 1. The number of ether oxygens (including phenoxy) is 1. The van der Waals surface area contributed by atoms with Crippen molar-refractivity contribution in [2.24, 2.45) is 5.73 Å². The summed E-state index contributed by atoms with van der Waals surface area (Å²) in [5, 5.41) is 20.3. The van der Waals surface area contributed by atoms with E-state index in [0.717, 1.165) is 10.4 Å². The molecule has 0 saturated carbocycles. The Morgan fingerprint density at radius 2 is 2.11 bits per heavy atom. The van der Waals surface area contributed by atoms with Crippen LogP contribution in [-0.4, -0.2) is 53.9 Å². The molecule has 0 aliphatic rings. The third-order valence-corrected chi connectivity index (χ3v) is 3.74. The molecule has 1 atom stereocenters. The Bertz CT molecular complexity index is 936. The van der Waals surface area contributed by atoms with E-state index in [1.54, 1.807) is 18.5 Å². The maximum Gasteiger partial charge on any atom is 0.304 e. The van der Waals surface area contributed by atoms with Gasteiger partial charge < -0.3 is 15.6 Å². The van der Waals surface area contributed by atoms with Crippen molar-refractivity contribution in [3.8, 4) is 17.1 Å². The molecule has 1 aromatic carbocycles. The Kier molecular flexibility index (Phi) is 6.17. The Morgan fingerprint density at radius 3 is 2.82 bits per heavy atom. The minimum absolute atomic E-state index is 0.0608. The molecule has 0 radical (unpaired) electrons. The van der Waals surface area contributed by atoms with Crippen LogP contribution >= 0.6 is 0 Å². The highest BCUT2D eigenvalue weighted by Crippen LogP contribution is 2.23. The second-order valence-corrected chi connectivity index (χ2v) is 6.01. The number of hydrogen-bond acceptors (Lipinski definition) is 8. The minimum Gasteiger partial charge on any atom is -0.493 e. The molecule has 0 aliphatic heterocycles. The lowest BCUT2D eigenvalue weighted by atomic mass is 10.2. The zero-order valence-electron chi connectivity index (χ0n) is 14.8. The number of carboxylic acid groups (broad SMARTS) is 1. The molecule has 0 amide bonds. The number of tetrazole rings is 1. The van der Waals surface area contributed by atoms with Crippen molar-refractivity contribution in [2.75, 3.05) is 6.61 Å². The highest BCUT2D eigenvalue weighted by atomic mass is 19.1. The first kappa shape index (κ1) is 19.3. The summed E-state index contributed by atoms with van der Waals surface area (Å²) >= 11 is 0. The van der Waals surface area contributed by atoms with Crippen molar-refractivity contribution in [1.29, 1.82) is 0 Å². The van der Waals surface area contributed by atoms with Gasteiger partial charge in [0.05, 0.1) is 25.1 Å². The van der Waals surface area contributed by atoms with E-state index in [4.69, 9.17) is 15.6 Å². The predicted octanol–water partition coefficient (Wildman–Crippen LogP) is 0.693. The molecule has 2 aromatic heterocycles. The fourth-order valence-electron chi connectivity index (χ4n) is 2.44. The van der Waals surface area contributed by atoms with Crippen LogP contribution < -0.4 is 10.5 Å². The van der Waals surface area contributed by atoms with Gasteiger partial charge in [0.25, 0.3) is 0 Å². The Morgan fingerprint density at radius 1 is 1.32 bits per heavy atom. The number of halogens is 1. The monoisotopic (exact) mass is 387 g/mol. The van der Waals surface area contributed by atoms with Gasteiger partial charge in [0, 0.05) is 30.9 Å². The summed E-state index contributed by atoms with van der Waals surface area (Å²) in [4.78, 5) is 19.6. The van der Waals surface area contributed by atoms with Crippen molar-refractivity contribution < 1.29 is 19.0 Å². The molecule has 2 heterocycles. The molecular weight excluding hydrogens is 369 g/mol. The standard InChI is InChI=1S/C17H18FN7O3/c18-15-6-13(28-4-3-11-7-20-10-21-8-11)1-2-14(15)17-22-24-25(23-17)9-12(19)5-16(26)27/h1-2,6-8,10,12H,3-5,9,19H2,(H,26,27). The average Bonchev–Trinajstić information content (AvgIpc) is 3.10. The third kappa shape index (κ3) is 5.27. The van der Waals surface area contributed by atoms with Gasteiger partial charge in [-0.25, -0.2) is 14.4 Å². The molecule has 11 heteroatoms. The maximum absolute atomic E-state index is 14.4. The van der Waals surface area contributed by atoms with Crippen molar-refractivity contribution in [2.45, 2.75) is 25.4 Å². The lowest BCUT2D eigenvalue weighted by Gasteiger charge is -2.07. The lowest BCUT2D eigenvalue weighted by molar-refractivity contribution is -0.137. The van der Waals surface area contributed by atoms with Gasteiger partial charge in [0.1, 0.15) is 17.9 Å². The summed E-state index contributed by atoms with van der Waals surface area (Å²) in [6.07, 6.45) is 5.19. The first-order chi connectivity index (χ1) is 13.5. The van der Waals surface area contributed by atoms with Crippen LogP contribution in [0.3, 0.4) is 0 Å². The Balaban J connectivity index is 1.60. The van der Waals surface area contributed by atoms with E-state index < -0.39 is 17.8 Å². The molecule has 3 aromatic rings. The van der Waals surface area contributed by atoms with Crippen molar-refractivity contribution in [1.82, 2.24) is 30.2 Å². The number of nitrogens with zero attached hydrogens (tertiary/aromatic N) is 6. The lowest BCUT2D eigenvalue weighted by Crippen LogP contribution is -2.30. The van der Waals surface area contributed by atoms with Crippen LogP contribution in [0.25, 0.3) is 11.4 Å². The largest absolute Gasteiger partial charge is 0.493 e. The zero-order valence-corrected chi connectivity index (χ0v) is 14.8. The van der Waals surface area contributed by atoms with E-state index in [-0.39, 0.29) is 24.4 Å². The van der Waals surface area contributed by atoms with E-state index in [9.17, 15) is 9.18 Å². The molecule has 0 fully saturated rings. The zero-order chi connectivity index (χ0) is 19.9. The van der Waals surface area contributed by atoms with Crippen LogP contribution in [0, 0.1) is 5.82 Å². The smallest absolute Gasteiger partial charge is 0.304 e. The highest BCUT2D eigenvalue weighted by Gasteiger charge is 2.15. The van der Waals surface area contributed by atoms with E-state index in [1.165, 1.54) is 18.5 Å². The minimum atomic E-state index is -1.02. The summed E-state index contributed by atoms with van der Waals surface area (Å²) < 4.78 is 20.0. The van der Waals surface area contributed by atoms with Crippen LogP contribution in [0.1, 0.15) is 12.0 Å². The molecule has 146 valence electrons. The van der Waals surface area contributed by atoms with Gasteiger partial charge in [-0.2, -0.15) is 4.80 Å². The average molecular weight is 387 g/mol. The molecule has 1 unspecified atom stereocenters. The fourth-order valence-corrected chi connectivity index (χ4v) is 2.44. The van der Waals surface area contributed by atoms with E-state index >= 15 is 0 Å². The number of benzene rings is 1. The molecule has 10 nitrogen and oxygen atoms in total. The Hall–Kier alpha value is -3.47. The molecule has 3 N–H and O–H groups in total. The highest BCUT2D eigenvalue weighted by molar-refractivity contribution is 5.67. The van der Waals surface area contributed by atoms with Crippen LogP contribution in [0.5, 0.6) is 5.75 Å². The van der Waals surface area contributed by atoms with Gasteiger partial charge >= 0.3 is 5.97 Å². The molecule has 0 spiro atoms. The number of nitrogens with two attached hydrogens (primary N) is 1. The topological polar surface area (TPSA) is 142 Å².